The van der Waals surface area contributed by atoms with E-state index in [0.29, 0.717) is 0 Å². The van der Waals surface area contributed by atoms with E-state index in [9.17, 15) is 14.4 Å². The Morgan fingerprint density at radius 2 is 1.83 bits per heavy atom. The number of aromatic amines is 2. The van der Waals surface area contributed by atoms with Gasteiger partial charge in [-0.1, -0.05) is 12.1 Å². The van der Waals surface area contributed by atoms with Gasteiger partial charge in [-0.05, 0) is 31.5 Å². The number of aromatic nitrogens is 2. The van der Waals surface area contributed by atoms with E-state index in [4.69, 9.17) is 0 Å². The van der Waals surface area contributed by atoms with Gasteiger partial charge in [0.25, 0.3) is 11.5 Å². The largest absolute Gasteiger partial charge is 0.372 e. The average Bonchev–Trinajstić information content (AvgIpc) is 2.56. The van der Waals surface area contributed by atoms with E-state index < -0.39 is 17.2 Å². The zero-order valence-electron chi connectivity index (χ0n) is 13.5. The third-order valence-electron chi connectivity index (χ3n) is 3.41. The van der Waals surface area contributed by atoms with Crippen molar-refractivity contribution in [3.8, 4) is 0 Å². The second kappa shape index (κ2) is 7.91. The first-order valence-corrected chi connectivity index (χ1v) is 7.55. The summed E-state index contributed by atoms with van der Waals surface area (Å²) in [5.74, 6) is -0.672. The number of hydrogen-bond donors (Lipinski definition) is 3. The number of nitrogens with zero attached hydrogens (tertiary/aromatic N) is 2. The molecular formula is C16H19N5O3. The number of H-pyrrole nitrogens is 2. The highest BCUT2D eigenvalue weighted by molar-refractivity contribution is 5.92. The molecule has 0 radical (unpaired) electrons. The molecule has 0 atom stereocenters. The second-order valence-corrected chi connectivity index (χ2v) is 4.96. The molecule has 0 aliphatic heterocycles. The van der Waals surface area contributed by atoms with E-state index in [-0.39, 0.29) is 5.69 Å². The fraction of sp³-hybridized carbons (Fsp3) is 0.250. The third-order valence-corrected chi connectivity index (χ3v) is 3.41. The molecule has 0 aliphatic rings. The third kappa shape index (κ3) is 4.42. The average molecular weight is 329 g/mol. The number of rotatable bonds is 6. The number of anilines is 1. The van der Waals surface area contributed by atoms with Gasteiger partial charge in [-0.15, -0.1) is 0 Å². The molecule has 1 aromatic carbocycles. The second-order valence-electron chi connectivity index (χ2n) is 4.96. The van der Waals surface area contributed by atoms with Crippen molar-refractivity contribution in [2.24, 2.45) is 5.10 Å². The summed E-state index contributed by atoms with van der Waals surface area (Å²) in [4.78, 5) is 40.5. The molecule has 8 heteroatoms. The normalized spacial score (nSPS) is 10.8. The highest BCUT2D eigenvalue weighted by Crippen LogP contribution is 2.13. The number of hydrogen-bond acceptors (Lipinski definition) is 5. The van der Waals surface area contributed by atoms with Crippen LogP contribution in [-0.2, 0) is 0 Å². The van der Waals surface area contributed by atoms with Crippen LogP contribution in [0, 0.1) is 0 Å². The highest BCUT2D eigenvalue weighted by Gasteiger charge is 2.06. The minimum absolute atomic E-state index is 0.155. The zero-order valence-corrected chi connectivity index (χ0v) is 13.5. The fourth-order valence-corrected chi connectivity index (χ4v) is 2.18. The lowest BCUT2D eigenvalue weighted by molar-refractivity contribution is 0.0949. The van der Waals surface area contributed by atoms with Crippen molar-refractivity contribution in [3.63, 3.8) is 0 Å². The Morgan fingerprint density at radius 1 is 1.17 bits per heavy atom. The maximum absolute atomic E-state index is 11.8. The van der Waals surface area contributed by atoms with E-state index in [2.05, 4.69) is 34.3 Å². The van der Waals surface area contributed by atoms with Gasteiger partial charge in [0, 0.05) is 24.8 Å². The standard InChI is InChI=1S/C16H19N5O3/c1-3-21(4-2)12-7-5-11(6-8-12)10-17-20-15(23)13-9-14(22)19-16(24)18-13/h5-10H,3-4H2,1-2H3,(H,20,23)(H2,18,19,22,24). The lowest BCUT2D eigenvalue weighted by Crippen LogP contribution is -2.28. The Balaban J connectivity index is 2.02. The van der Waals surface area contributed by atoms with Crippen LogP contribution in [0.4, 0.5) is 5.69 Å². The van der Waals surface area contributed by atoms with Crippen molar-refractivity contribution >= 4 is 17.8 Å². The van der Waals surface area contributed by atoms with E-state index in [0.717, 1.165) is 30.4 Å². The van der Waals surface area contributed by atoms with Crippen LogP contribution in [0.15, 0.2) is 45.0 Å². The lowest BCUT2D eigenvalue weighted by Gasteiger charge is -2.20. The molecule has 0 spiro atoms. The molecule has 3 N–H and O–H groups in total. The summed E-state index contributed by atoms with van der Waals surface area (Å²) < 4.78 is 0. The van der Waals surface area contributed by atoms with E-state index in [1.54, 1.807) is 0 Å². The van der Waals surface area contributed by atoms with Crippen molar-refractivity contribution in [2.45, 2.75) is 13.8 Å². The summed E-state index contributed by atoms with van der Waals surface area (Å²) in [7, 11) is 0. The summed E-state index contributed by atoms with van der Waals surface area (Å²) in [5.41, 5.74) is 2.63. The Kier molecular flexibility index (Phi) is 5.67. The maximum Gasteiger partial charge on any atom is 0.326 e. The predicted octanol–water partition coefficient (Wildman–Crippen LogP) is 0.673. The molecule has 1 aromatic heterocycles. The van der Waals surface area contributed by atoms with E-state index in [1.807, 2.05) is 29.2 Å². The summed E-state index contributed by atoms with van der Waals surface area (Å²) in [6, 6.07) is 8.72. The van der Waals surface area contributed by atoms with Gasteiger partial charge in [-0.25, -0.2) is 10.2 Å². The first-order valence-electron chi connectivity index (χ1n) is 7.55. The number of benzene rings is 1. The van der Waals surface area contributed by atoms with Crippen molar-refractivity contribution in [2.75, 3.05) is 18.0 Å². The Morgan fingerprint density at radius 3 is 2.42 bits per heavy atom. The molecule has 0 saturated heterocycles. The number of carbonyl (C=O) groups is 1. The quantitative estimate of drug-likeness (QED) is 0.534. The molecule has 8 nitrogen and oxygen atoms in total. The number of carbonyl (C=O) groups excluding carboxylic acids is 1. The van der Waals surface area contributed by atoms with E-state index >= 15 is 0 Å². The van der Waals surface area contributed by atoms with Crippen LogP contribution in [0.1, 0.15) is 29.9 Å². The summed E-state index contributed by atoms with van der Waals surface area (Å²) in [6.07, 6.45) is 1.48. The van der Waals surface area contributed by atoms with E-state index in [1.165, 1.54) is 6.21 Å². The van der Waals surface area contributed by atoms with Crippen LogP contribution in [0.2, 0.25) is 0 Å². The predicted molar refractivity (Wildman–Crippen MR) is 92.7 cm³/mol. The molecule has 0 unspecified atom stereocenters. The van der Waals surface area contributed by atoms with Gasteiger partial charge in [0.15, 0.2) is 0 Å². The molecule has 1 heterocycles. The molecule has 0 fully saturated rings. The molecule has 126 valence electrons. The number of nitrogens with one attached hydrogen (secondary N) is 3. The van der Waals surface area contributed by atoms with Crippen molar-refractivity contribution in [1.82, 2.24) is 15.4 Å². The van der Waals surface area contributed by atoms with Crippen LogP contribution in [0.3, 0.4) is 0 Å². The Bertz CT molecular complexity index is 804. The summed E-state index contributed by atoms with van der Waals surface area (Å²) in [5, 5.41) is 3.82. The molecule has 2 aromatic rings. The van der Waals surface area contributed by atoms with Crippen LogP contribution in [0.25, 0.3) is 0 Å². The maximum atomic E-state index is 11.8. The van der Waals surface area contributed by atoms with Gasteiger partial charge in [0.1, 0.15) is 5.69 Å². The molecule has 0 bridgehead atoms. The lowest BCUT2D eigenvalue weighted by atomic mass is 10.2. The molecule has 0 aliphatic carbocycles. The summed E-state index contributed by atoms with van der Waals surface area (Å²) in [6.45, 7) is 6.03. The topological polar surface area (TPSA) is 110 Å². The molecule has 0 saturated carbocycles. The van der Waals surface area contributed by atoms with Crippen LogP contribution < -0.4 is 21.6 Å². The molecule has 24 heavy (non-hydrogen) atoms. The van der Waals surface area contributed by atoms with Gasteiger partial charge in [-0.2, -0.15) is 5.10 Å². The first-order chi connectivity index (χ1) is 11.5. The van der Waals surface area contributed by atoms with Crippen molar-refractivity contribution in [1.29, 1.82) is 0 Å². The van der Waals surface area contributed by atoms with Crippen LogP contribution >= 0.6 is 0 Å². The number of hydrazone groups is 1. The van der Waals surface area contributed by atoms with Crippen LogP contribution in [-0.4, -0.2) is 35.2 Å². The first kappa shape index (κ1) is 17.2. The Hall–Kier alpha value is -3.16. The minimum atomic E-state index is -0.747. The van der Waals surface area contributed by atoms with Gasteiger partial charge >= 0.3 is 5.69 Å². The van der Waals surface area contributed by atoms with Gasteiger partial charge in [-0.3, -0.25) is 14.6 Å². The fourth-order valence-electron chi connectivity index (χ4n) is 2.18. The summed E-state index contributed by atoms with van der Waals surface area (Å²) >= 11 is 0. The molecule has 1 amide bonds. The van der Waals surface area contributed by atoms with Crippen molar-refractivity contribution < 1.29 is 4.79 Å². The SMILES string of the molecule is CCN(CC)c1ccc(C=NNC(=O)c2cc(=O)[nH]c(=O)[nH]2)cc1. The highest BCUT2D eigenvalue weighted by atomic mass is 16.2. The smallest absolute Gasteiger partial charge is 0.326 e. The number of amides is 1. The minimum Gasteiger partial charge on any atom is -0.372 e. The zero-order chi connectivity index (χ0) is 17.5. The molecular weight excluding hydrogens is 310 g/mol. The molecule has 2 rings (SSSR count). The monoisotopic (exact) mass is 329 g/mol. The van der Waals surface area contributed by atoms with Gasteiger partial charge < -0.3 is 9.88 Å². The van der Waals surface area contributed by atoms with Crippen molar-refractivity contribution in [3.05, 3.63) is 62.4 Å². The van der Waals surface area contributed by atoms with Gasteiger partial charge in [0.2, 0.25) is 0 Å². The Labute approximate surface area is 138 Å². The van der Waals surface area contributed by atoms with Crippen LogP contribution in [0.5, 0.6) is 0 Å². The van der Waals surface area contributed by atoms with Gasteiger partial charge in [0.05, 0.1) is 6.21 Å².